The van der Waals surface area contributed by atoms with Gasteiger partial charge in [-0.3, -0.25) is 9.52 Å². The van der Waals surface area contributed by atoms with E-state index in [-0.39, 0.29) is 23.5 Å². The van der Waals surface area contributed by atoms with E-state index in [0.717, 1.165) is 0 Å². The molecule has 0 amide bonds. The Morgan fingerprint density at radius 1 is 1.37 bits per heavy atom. The van der Waals surface area contributed by atoms with E-state index >= 15 is 0 Å². The van der Waals surface area contributed by atoms with Gasteiger partial charge in [-0.2, -0.15) is 0 Å². The Balaban J connectivity index is 2.75. The molecule has 0 saturated heterocycles. The number of rotatable bonds is 6. The number of hydrogen-bond donors (Lipinski definition) is 2. The van der Waals surface area contributed by atoms with Crippen LogP contribution in [-0.4, -0.2) is 34.4 Å². The van der Waals surface area contributed by atoms with E-state index in [1.807, 2.05) is 0 Å². The number of sulfonamides is 1. The van der Waals surface area contributed by atoms with Crippen molar-refractivity contribution in [3.63, 3.8) is 0 Å². The number of hydrogen-bond acceptors (Lipinski definition) is 6. The normalized spacial score (nSPS) is 10.8. The van der Waals surface area contributed by atoms with E-state index in [1.165, 1.54) is 26.4 Å². The molecule has 106 valence electrons. The van der Waals surface area contributed by atoms with Crippen molar-refractivity contribution < 1.29 is 22.7 Å². The Labute approximate surface area is 111 Å². The molecule has 0 atom stereocenters. The van der Waals surface area contributed by atoms with Crippen LogP contribution in [0, 0.1) is 0 Å². The smallest absolute Gasteiger partial charge is 0.306 e. The van der Waals surface area contributed by atoms with Crippen molar-refractivity contribution in [2.45, 2.75) is 6.42 Å². The van der Waals surface area contributed by atoms with Gasteiger partial charge in [0.2, 0.25) is 10.0 Å². The second-order valence-corrected chi connectivity index (χ2v) is 5.54. The van der Waals surface area contributed by atoms with Crippen LogP contribution in [0.25, 0.3) is 0 Å². The molecule has 0 unspecified atom stereocenters. The van der Waals surface area contributed by atoms with Gasteiger partial charge in [0.15, 0.2) is 0 Å². The minimum atomic E-state index is -3.65. The molecule has 0 heterocycles. The van der Waals surface area contributed by atoms with Crippen molar-refractivity contribution >= 4 is 27.4 Å². The minimum absolute atomic E-state index is 0.220. The maximum absolute atomic E-state index is 11.7. The first kappa shape index (κ1) is 15.1. The second kappa shape index (κ2) is 6.28. The summed E-state index contributed by atoms with van der Waals surface area (Å²) in [6, 6.07) is 4.57. The summed E-state index contributed by atoms with van der Waals surface area (Å²) in [7, 11) is -0.974. The van der Waals surface area contributed by atoms with Crippen molar-refractivity contribution in [2.24, 2.45) is 0 Å². The SMILES string of the molecule is COC(=O)CCS(=O)(=O)Nc1ccc(OC)cc1N. The van der Waals surface area contributed by atoms with Crippen LogP contribution in [0.2, 0.25) is 0 Å². The van der Waals surface area contributed by atoms with Gasteiger partial charge in [-0.25, -0.2) is 8.42 Å². The van der Waals surface area contributed by atoms with Gasteiger partial charge in [0, 0.05) is 6.07 Å². The number of methoxy groups -OCH3 is 2. The fourth-order valence-corrected chi connectivity index (χ4v) is 2.36. The van der Waals surface area contributed by atoms with Gasteiger partial charge < -0.3 is 15.2 Å². The highest BCUT2D eigenvalue weighted by atomic mass is 32.2. The molecule has 0 aliphatic rings. The molecule has 19 heavy (non-hydrogen) atoms. The third kappa shape index (κ3) is 4.66. The van der Waals surface area contributed by atoms with E-state index < -0.39 is 16.0 Å². The lowest BCUT2D eigenvalue weighted by atomic mass is 10.2. The van der Waals surface area contributed by atoms with Crippen molar-refractivity contribution in [3.05, 3.63) is 18.2 Å². The Hall–Kier alpha value is -1.96. The van der Waals surface area contributed by atoms with E-state index in [0.29, 0.717) is 5.75 Å². The van der Waals surface area contributed by atoms with Gasteiger partial charge in [0.25, 0.3) is 0 Å². The minimum Gasteiger partial charge on any atom is -0.497 e. The van der Waals surface area contributed by atoms with E-state index in [9.17, 15) is 13.2 Å². The fourth-order valence-electron chi connectivity index (χ4n) is 1.30. The van der Waals surface area contributed by atoms with Crippen LogP contribution in [0.4, 0.5) is 11.4 Å². The number of carbonyl (C=O) groups is 1. The standard InChI is InChI=1S/C11H16N2O5S/c1-17-8-3-4-10(9(12)7-8)13-19(15,16)6-5-11(14)18-2/h3-4,7,13H,5-6,12H2,1-2H3. The summed E-state index contributed by atoms with van der Waals surface area (Å²) in [5, 5.41) is 0. The number of carbonyl (C=O) groups excluding carboxylic acids is 1. The van der Waals surface area contributed by atoms with Crippen LogP contribution in [0.1, 0.15) is 6.42 Å². The van der Waals surface area contributed by atoms with Gasteiger partial charge in [0.1, 0.15) is 5.75 Å². The average Bonchev–Trinajstić information content (AvgIpc) is 2.38. The summed E-state index contributed by atoms with van der Waals surface area (Å²) in [4.78, 5) is 10.9. The van der Waals surface area contributed by atoms with Crippen LogP contribution in [0.15, 0.2) is 18.2 Å². The molecular formula is C11H16N2O5S. The molecule has 0 aliphatic carbocycles. The largest absolute Gasteiger partial charge is 0.497 e. The van der Waals surface area contributed by atoms with Gasteiger partial charge in [-0.1, -0.05) is 0 Å². The lowest BCUT2D eigenvalue weighted by molar-refractivity contribution is -0.140. The Morgan fingerprint density at radius 3 is 2.58 bits per heavy atom. The number of nitrogens with two attached hydrogens (primary N) is 1. The summed E-state index contributed by atoms with van der Waals surface area (Å²) in [5.74, 6) is -0.436. The Kier molecular flexibility index (Phi) is 4.99. The fraction of sp³-hybridized carbons (Fsp3) is 0.364. The summed E-state index contributed by atoms with van der Waals surface area (Å²) >= 11 is 0. The van der Waals surface area contributed by atoms with Crippen LogP contribution < -0.4 is 15.2 Å². The maximum atomic E-state index is 11.7. The number of ether oxygens (including phenoxy) is 2. The van der Waals surface area contributed by atoms with Crippen molar-refractivity contribution in [1.29, 1.82) is 0 Å². The highest BCUT2D eigenvalue weighted by Gasteiger charge is 2.15. The number of nitrogens with one attached hydrogen (secondary N) is 1. The molecule has 0 aromatic heterocycles. The van der Waals surface area contributed by atoms with Gasteiger partial charge >= 0.3 is 5.97 Å². The van der Waals surface area contributed by atoms with E-state index in [2.05, 4.69) is 9.46 Å². The zero-order chi connectivity index (χ0) is 14.5. The summed E-state index contributed by atoms with van der Waals surface area (Å²) < 4.78 is 35.1. The van der Waals surface area contributed by atoms with Crippen LogP contribution in [-0.2, 0) is 19.6 Å². The predicted octanol–water partition coefficient (Wildman–Crippen LogP) is 0.582. The van der Waals surface area contributed by atoms with E-state index in [4.69, 9.17) is 10.5 Å². The molecule has 3 N–H and O–H groups in total. The number of anilines is 2. The third-order valence-electron chi connectivity index (χ3n) is 2.33. The molecule has 1 rings (SSSR count). The van der Waals surface area contributed by atoms with Crippen molar-refractivity contribution in [2.75, 3.05) is 30.4 Å². The topological polar surface area (TPSA) is 108 Å². The zero-order valence-corrected chi connectivity index (χ0v) is 11.5. The first-order valence-electron chi connectivity index (χ1n) is 5.39. The number of benzene rings is 1. The monoisotopic (exact) mass is 288 g/mol. The number of nitrogen functional groups attached to an aromatic ring is 1. The van der Waals surface area contributed by atoms with Gasteiger partial charge in [-0.15, -0.1) is 0 Å². The Bertz CT molecular complexity index is 556. The molecule has 8 heteroatoms. The molecule has 1 aromatic rings. The third-order valence-corrected chi connectivity index (χ3v) is 3.60. The quantitative estimate of drug-likeness (QED) is 0.585. The van der Waals surface area contributed by atoms with Crippen LogP contribution in [0.5, 0.6) is 5.75 Å². The molecule has 1 aromatic carbocycles. The highest BCUT2D eigenvalue weighted by molar-refractivity contribution is 7.92. The summed E-state index contributed by atoms with van der Waals surface area (Å²) in [6.45, 7) is 0. The molecule has 0 radical (unpaired) electrons. The molecular weight excluding hydrogens is 272 g/mol. The van der Waals surface area contributed by atoms with Crippen molar-refractivity contribution in [1.82, 2.24) is 0 Å². The van der Waals surface area contributed by atoms with Crippen molar-refractivity contribution in [3.8, 4) is 5.75 Å². The first-order valence-corrected chi connectivity index (χ1v) is 7.04. The lowest BCUT2D eigenvalue weighted by Crippen LogP contribution is -2.20. The predicted molar refractivity (Wildman–Crippen MR) is 71.4 cm³/mol. The summed E-state index contributed by atoms with van der Waals surface area (Å²) in [5.41, 5.74) is 6.17. The first-order chi connectivity index (χ1) is 8.88. The van der Waals surface area contributed by atoms with Crippen LogP contribution >= 0.6 is 0 Å². The highest BCUT2D eigenvalue weighted by Crippen LogP contribution is 2.24. The molecule has 0 fully saturated rings. The molecule has 0 aliphatic heterocycles. The van der Waals surface area contributed by atoms with E-state index in [1.54, 1.807) is 6.07 Å². The maximum Gasteiger partial charge on any atom is 0.306 e. The average molecular weight is 288 g/mol. The molecule has 0 bridgehead atoms. The molecule has 7 nitrogen and oxygen atoms in total. The number of esters is 1. The molecule has 0 saturated carbocycles. The Morgan fingerprint density at radius 2 is 2.05 bits per heavy atom. The summed E-state index contributed by atoms with van der Waals surface area (Å²) in [6.07, 6.45) is -0.220. The molecule has 0 spiro atoms. The zero-order valence-electron chi connectivity index (χ0n) is 10.7. The van der Waals surface area contributed by atoms with Gasteiger partial charge in [0.05, 0.1) is 37.8 Å². The second-order valence-electron chi connectivity index (χ2n) is 3.70. The lowest BCUT2D eigenvalue weighted by Gasteiger charge is -2.11. The van der Waals surface area contributed by atoms with Gasteiger partial charge in [-0.05, 0) is 12.1 Å². The van der Waals surface area contributed by atoms with Crippen LogP contribution in [0.3, 0.4) is 0 Å².